The van der Waals surface area contributed by atoms with Crippen LogP contribution in [-0.4, -0.2) is 26.9 Å². The van der Waals surface area contributed by atoms with Crippen molar-refractivity contribution in [3.8, 4) is 0 Å². The minimum atomic E-state index is 0.123. The first-order valence-corrected chi connectivity index (χ1v) is 4.10. The average molecular weight is 160 g/mol. The molecule has 0 aliphatic rings. The van der Waals surface area contributed by atoms with Crippen molar-refractivity contribution in [3.05, 3.63) is 0 Å². The van der Waals surface area contributed by atoms with Crippen molar-refractivity contribution in [1.82, 2.24) is 0 Å². The molecular weight excluding hydrogens is 140 g/mol. The van der Waals surface area contributed by atoms with Crippen molar-refractivity contribution in [3.63, 3.8) is 0 Å². The summed E-state index contributed by atoms with van der Waals surface area (Å²) in [5.41, 5.74) is 0.123. The molecule has 0 radical (unpaired) electrons. The Labute approximate surface area is 69.9 Å². The first-order chi connectivity index (χ1) is 5.08. The predicted molar refractivity (Wildman–Crippen MR) is 46.7 cm³/mol. The molecule has 0 aromatic rings. The quantitative estimate of drug-likeness (QED) is 0.613. The summed E-state index contributed by atoms with van der Waals surface area (Å²) in [6.45, 7) is 7.20. The maximum atomic E-state index is 5.34. The summed E-state index contributed by atoms with van der Waals surface area (Å²) in [4.78, 5) is 0. The topological polar surface area (TPSA) is 18.5 Å². The van der Waals surface area contributed by atoms with E-state index in [0.717, 1.165) is 13.0 Å². The molecule has 68 valence electrons. The molecule has 0 aliphatic heterocycles. The highest BCUT2D eigenvalue weighted by Gasteiger charge is 2.27. The van der Waals surface area contributed by atoms with Crippen LogP contribution in [0.5, 0.6) is 0 Å². The lowest BCUT2D eigenvalue weighted by Crippen LogP contribution is -2.34. The highest BCUT2D eigenvalue weighted by Crippen LogP contribution is 2.25. The van der Waals surface area contributed by atoms with Gasteiger partial charge in [0.2, 0.25) is 0 Å². The zero-order chi connectivity index (χ0) is 8.91. The number of hydrogen-bond donors (Lipinski definition) is 0. The molecule has 0 saturated carbocycles. The summed E-state index contributed by atoms with van der Waals surface area (Å²) in [6.07, 6.45) is 1.33. The van der Waals surface area contributed by atoms with Gasteiger partial charge in [-0.3, -0.25) is 0 Å². The van der Waals surface area contributed by atoms with Crippen molar-refractivity contribution in [2.45, 2.75) is 33.3 Å². The van der Waals surface area contributed by atoms with Crippen LogP contribution in [0.2, 0.25) is 0 Å². The van der Waals surface area contributed by atoms with Gasteiger partial charge in [0.15, 0.2) is 0 Å². The molecule has 2 nitrogen and oxygen atoms in total. The normalized spacial score (nSPS) is 15.0. The summed E-state index contributed by atoms with van der Waals surface area (Å²) < 4.78 is 10.4. The zero-order valence-electron chi connectivity index (χ0n) is 8.31. The monoisotopic (exact) mass is 160 g/mol. The third kappa shape index (κ3) is 3.21. The van der Waals surface area contributed by atoms with Crippen LogP contribution in [0.4, 0.5) is 0 Å². The van der Waals surface area contributed by atoms with Crippen LogP contribution in [0.1, 0.15) is 27.2 Å². The first kappa shape index (κ1) is 10.9. The predicted octanol–water partition coefficient (Wildman–Crippen LogP) is 2.08. The lowest BCUT2D eigenvalue weighted by Gasteiger charge is -2.31. The van der Waals surface area contributed by atoms with Crippen molar-refractivity contribution in [1.29, 1.82) is 0 Å². The van der Waals surface area contributed by atoms with E-state index in [-0.39, 0.29) is 5.41 Å². The Kier molecular flexibility index (Phi) is 4.69. The van der Waals surface area contributed by atoms with Gasteiger partial charge in [-0.2, -0.15) is 0 Å². The second kappa shape index (κ2) is 4.73. The average Bonchev–Trinajstić information content (AvgIpc) is 1.89. The summed E-state index contributed by atoms with van der Waals surface area (Å²) in [6, 6.07) is 0. The molecule has 0 heterocycles. The number of methoxy groups -OCH3 is 2. The number of hydrogen-bond acceptors (Lipinski definition) is 2. The summed E-state index contributed by atoms with van der Waals surface area (Å²) in [5.74, 6) is 0. The molecule has 0 aromatic carbocycles. The Bertz CT molecular complexity index is 95.7. The Morgan fingerprint density at radius 1 is 1.27 bits per heavy atom. The molecule has 0 amide bonds. The van der Waals surface area contributed by atoms with Crippen LogP contribution in [0.15, 0.2) is 0 Å². The standard InChI is InChI=1S/C9H20O2/c1-6-8(11-5)9(2,3)7-10-4/h8H,6-7H2,1-5H3. The molecule has 0 aliphatic carbocycles. The van der Waals surface area contributed by atoms with E-state index in [0.29, 0.717) is 6.10 Å². The lowest BCUT2D eigenvalue weighted by atomic mass is 9.86. The molecule has 0 rings (SSSR count). The molecule has 0 saturated heterocycles. The lowest BCUT2D eigenvalue weighted by molar-refractivity contribution is -0.0361. The van der Waals surface area contributed by atoms with Crippen LogP contribution in [0.3, 0.4) is 0 Å². The summed E-state index contributed by atoms with van der Waals surface area (Å²) >= 11 is 0. The highest BCUT2D eigenvalue weighted by molar-refractivity contribution is 4.77. The Morgan fingerprint density at radius 3 is 2.09 bits per heavy atom. The maximum Gasteiger partial charge on any atom is 0.0641 e. The Morgan fingerprint density at radius 2 is 1.82 bits per heavy atom. The smallest absolute Gasteiger partial charge is 0.0641 e. The van der Waals surface area contributed by atoms with E-state index in [2.05, 4.69) is 20.8 Å². The Balaban J connectivity index is 4.00. The highest BCUT2D eigenvalue weighted by atomic mass is 16.5. The van der Waals surface area contributed by atoms with Gasteiger partial charge in [-0.25, -0.2) is 0 Å². The molecule has 1 unspecified atom stereocenters. The number of ether oxygens (including phenoxy) is 2. The van der Waals surface area contributed by atoms with Crippen molar-refractivity contribution in [2.75, 3.05) is 20.8 Å². The number of rotatable bonds is 5. The van der Waals surface area contributed by atoms with Crippen LogP contribution in [0, 0.1) is 5.41 Å². The molecular formula is C9H20O2. The van der Waals surface area contributed by atoms with E-state index in [1.54, 1.807) is 14.2 Å². The second-order valence-electron chi connectivity index (χ2n) is 3.55. The Hall–Kier alpha value is -0.0800. The summed E-state index contributed by atoms with van der Waals surface area (Å²) in [7, 11) is 3.48. The molecule has 0 N–H and O–H groups in total. The molecule has 0 bridgehead atoms. The van der Waals surface area contributed by atoms with E-state index in [1.807, 2.05) is 0 Å². The molecule has 0 aromatic heterocycles. The van der Waals surface area contributed by atoms with E-state index in [1.165, 1.54) is 0 Å². The SMILES string of the molecule is CCC(OC)C(C)(C)COC. The van der Waals surface area contributed by atoms with Crippen LogP contribution in [0.25, 0.3) is 0 Å². The summed E-state index contributed by atoms with van der Waals surface area (Å²) in [5, 5.41) is 0. The van der Waals surface area contributed by atoms with Crippen LogP contribution in [-0.2, 0) is 9.47 Å². The van der Waals surface area contributed by atoms with Crippen molar-refractivity contribution in [2.24, 2.45) is 5.41 Å². The first-order valence-electron chi connectivity index (χ1n) is 4.10. The fourth-order valence-corrected chi connectivity index (χ4v) is 1.50. The fourth-order valence-electron chi connectivity index (χ4n) is 1.50. The second-order valence-corrected chi connectivity index (χ2v) is 3.55. The van der Waals surface area contributed by atoms with Crippen LogP contribution < -0.4 is 0 Å². The molecule has 0 fully saturated rings. The van der Waals surface area contributed by atoms with Gasteiger partial charge in [0.05, 0.1) is 12.7 Å². The largest absolute Gasteiger partial charge is 0.384 e. The molecule has 11 heavy (non-hydrogen) atoms. The van der Waals surface area contributed by atoms with Gasteiger partial charge < -0.3 is 9.47 Å². The van der Waals surface area contributed by atoms with E-state index in [4.69, 9.17) is 9.47 Å². The van der Waals surface area contributed by atoms with E-state index in [9.17, 15) is 0 Å². The van der Waals surface area contributed by atoms with Gasteiger partial charge in [0.1, 0.15) is 0 Å². The van der Waals surface area contributed by atoms with Crippen LogP contribution >= 0.6 is 0 Å². The molecule has 2 heteroatoms. The van der Waals surface area contributed by atoms with Gasteiger partial charge in [-0.15, -0.1) is 0 Å². The van der Waals surface area contributed by atoms with E-state index < -0.39 is 0 Å². The van der Waals surface area contributed by atoms with Gasteiger partial charge in [0, 0.05) is 19.6 Å². The van der Waals surface area contributed by atoms with Crippen molar-refractivity contribution >= 4 is 0 Å². The van der Waals surface area contributed by atoms with Gasteiger partial charge in [-0.1, -0.05) is 20.8 Å². The van der Waals surface area contributed by atoms with Gasteiger partial charge in [0.25, 0.3) is 0 Å². The fraction of sp³-hybridized carbons (Fsp3) is 1.00. The minimum absolute atomic E-state index is 0.123. The third-order valence-electron chi connectivity index (χ3n) is 2.04. The maximum absolute atomic E-state index is 5.34. The zero-order valence-corrected chi connectivity index (χ0v) is 8.31. The third-order valence-corrected chi connectivity index (χ3v) is 2.04. The molecule has 0 spiro atoms. The minimum Gasteiger partial charge on any atom is -0.384 e. The van der Waals surface area contributed by atoms with Gasteiger partial charge >= 0.3 is 0 Å². The molecule has 1 atom stereocenters. The van der Waals surface area contributed by atoms with E-state index >= 15 is 0 Å². The van der Waals surface area contributed by atoms with Gasteiger partial charge in [-0.05, 0) is 6.42 Å². The van der Waals surface area contributed by atoms with Crippen molar-refractivity contribution < 1.29 is 9.47 Å².